The number of aromatic nitrogens is 3. The number of ether oxygens (including phenoxy) is 2. The monoisotopic (exact) mass is 442 g/mol. The number of pyridine rings is 1. The zero-order valence-electron chi connectivity index (χ0n) is 19.8. The summed E-state index contributed by atoms with van der Waals surface area (Å²) < 4.78 is 11.8. The molecule has 0 aliphatic carbocycles. The number of H-pyrrole nitrogens is 1. The van der Waals surface area contributed by atoms with Crippen molar-refractivity contribution >= 4 is 22.5 Å². The van der Waals surface area contributed by atoms with Crippen LogP contribution in [0.15, 0.2) is 54.7 Å². The highest BCUT2D eigenvalue weighted by Gasteiger charge is 2.32. The van der Waals surface area contributed by atoms with Gasteiger partial charge in [0.25, 0.3) is 0 Å². The maximum Gasteiger partial charge on any atom is 0.154 e. The SMILES string of the molecule is COC[C@H]1COc2c(-c3nc4ccc(C(C)(C)C)cc4[nH]3)cccc2N1c1ccc(C)cn1. The molecule has 0 saturated heterocycles. The molecule has 0 fully saturated rings. The standard InChI is InChI=1S/C27H30N4O2/c1-17-9-12-24(28-14-17)31-19(15-32-5)16-33-25-20(7-6-8-23(25)31)26-29-21-11-10-18(27(2,3)4)13-22(21)30-26/h6-14,19H,15-16H2,1-5H3,(H,29,30)/t19-/m0/s1. The average Bonchev–Trinajstić information content (AvgIpc) is 3.22. The molecule has 0 radical (unpaired) electrons. The fraction of sp³-hybridized carbons (Fsp3) is 0.333. The van der Waals surface area contributed by atoms with Crippen LogP contribution in [0.2, 0.25) is 0 Å². The van der Waals surface area contributed by atoms with E-state index in [1.165, 1.54) is 5.56 Å². The number of benzene rings is 2. The molecule has 5 rings (SSSR count). The topological polar surface area (TPSA) is 63.3 Å². The summed E-state index contributed by atoms with van der Waals surface area (Å²) in [6.45, 7) is 9.74. The second-order valence-corrected chi connectivity index (χ2v) is 9.71. The molecule has 0 bridgehead atoms. The van der Waals surface area contributed by atoms with Gasteiger partial charge in [0.05, 0.1) is 34.9 Å². The van der Waals surface area contributed by atoms with Crippen molar-refractivity contribution in [3.63, 3.8) is 0 Å². The van der Waals surface area contributed by atoms with Gasteiger partial charge in [-0.25, -0.2) is 9.97 Å². The zero-order valence-corrected chi connectivity index (χ0v) is 19.8. The molecule has 2 aromatic heterocycles. The first-order valence-electron chi connectivity index (χ1n) is 11.3. The van der Waals surface area contributed by atoms with Gasteiger partial charge >= 0.3 is 0 Å². The van der Waals surface area contributed by atoms with Gasteiger partial charge in [-0.2, -0.15) is 0 Å². The number of imidazole rings is 1. The lowest BCUT2D eigenvalue weighted by molar-refractivity contribution is 0.146. The molecule has 0 saturated carbocycles. The summed E-state index contributed by atoms with van der Waals surface area (Å²) in [6.07, 6.45) is 1.89. The van der Waals surface area contributed by atoms with Crippen molar-refractivity contribution in [3.05, 3.63) is 65.9 Å². The number of fused-ring (bicyclic) bond motifs is 2. The summed E-state index contributed by atoms with van der Waals surface area (Å²) in [5.74, 6) is 2.49. The summed E-state index contributed by atoms with van der Waals surface area (Å²) >= 11 is 0. The highest BCUT2D eigenvalue weighted by atomic mass is 16.5. The number of rotatable bonds is 4. The Morgan fingerprint density at radius 3 is 2.73 bits per heavy atom. The van der Waals surface area contributed by atoms with Gasteiger partial charge in [-0.3, -0.25) is 0 Å². The first kappa shape index (κ1) is 21.5. The van der Waals surface area contributed by atoms with Gasteiger partial charge in [0.2, 0.25) is 0 Å². The van der Waals surface area contributed by atoms with Crippen LogP contribution >= 0.6 is 0 Å². The maximum absolute atomic E-state index is 6.31. The molecule has 170 valence electrons. The van der Waals surface area contributed by atoms with Crippen LogP contribution in [-0.2, 0) is 10.2 Å². The van der Waals surface area contributed by atoms with E-state index in [2.05, 4.69) is 73.1 Å². The summed E-state index contributed by atoms with van der Waals surface area (Å²) in [5.41, 5.74) is 6.35. The van der Waals surface area contributed by atoms with E-state index < -0.39 is 0 Å². The number of nitrogens with one attached hydrogen (secondary N) is 1. The van der Waals surface area contributed by atoms with E-state index >= 15 is 0 Å². The third-order valence-corrected chi connectivity index (χ3v) is 6.14. The Morgan fingerprint density at radius 2 is 2.00 bits per heavy atom. The van der Waals surface area contributed by atoms with Crippen LogP contribution in [0.1, 0.15) is 31.9 Å². The Balaban J connectivity index is 1.61. The largest absolute Gasteiger partial charge is 0.488 e. The number of aryl methyl sites for hydroxylation is 1. The minimum Gasteiger partial charge on any atom is -0.488 e. The molecule has 1 atom stereocenters. The van der Waals surface area contributed by atoms with Crippen molar-refractivity contribution in [3.8, 4) is 17.1 Å². The van der Waals surface area contributed by atoms with E-state index in [0.717, 1.165) is 45.2 Å². The van der Waals surface area contributed by atoms with Gasteiger partial charge in [-0.1, -0.05) is 39.0 Å². The molecule has 0 amide bonds. The lowest BCUT2D eigenvalue weighted by Gasteiger charge is -2.38. The molecular formula is C27H30N4O2. The van der Waals surface area contributed by atoms with Gasteiger partial charge in [0.1, 0.15) is 18.2 Å². The molecule has 1 aliphatic heterocycles. The fourth-order valence-electron chi connectivity index (χ4n) is 4.34. The second kappa shape index (κ2) is 8.19. The second-order valence-electron chi connectivity index (χ2n) is 9.71. The highest BCUT2D eigenvalue weighted by molar-refractivity contribution is 5.85. The van der Waals surface area contributed by atoms with E-state index in [4.69, 9.17) is 19.4 Å². The summed E-state index contributed by atoms with van der Waals surface area (Å²) in [6, 6.07) is 16.8. The number of anilines is 2. The van der Waals surface area contributed by atoms with Crippen molar-refractivity contribution < 1.29 is 9.47 Å². The highest BCUT2D eigenvalue weighted by Crippen LogP contribution is 2.44. The van der Waals surface area contributed by atoms with Crippen molar-refractivity contribution in [1.82, 2.24) is 15.0 Å². The van der Waals surface area contributed by atoms with E-state index in [9.17, 15) is 0 Å². The molecular weight excluding hydrogens is 412 g/mol. The first-order valence-corrected chi connectivity index (χ1v) is 11.3. The molecule has 33 heavy (non-hydrogen) atoms. The van der Waals surface area contributed by atoms with Crippen LogP contribution in [-0.4, -0.2) is 41.3 Å². The van der Waals surface area contributed by atoms with Crippen LogP contribution in [0.25, 0.3) is 22.4 Å². The van der Waals surface area contributed by atoms with E-state index in [1.54, 1.807) is 7.11 Å². The minimum atomic E-state index is 0.0259. The Morgan fingerprint density at radius 1 is 1.15 bits per heavy atom. The first-order chi connectivity index (χ1) is 15.8. The molecule has 0 unspecified atom stereocenters. The smallest absolute Gasteiger partial charge is 0.154 e. The third kappa shape index (κ3) is 3.95. The quantitative estimate of drug-likeness (QED) is 0.434. The van der Waals surface area contributed by atoms with E-state index in [-0.39, 0.29) is 11.5 Å². The van der Waals surface area contributed by atoms with Gasteiger partial charge in [-0.15, -0.1) is 0 Å². The van der Waals surface area contributed by atoms with Crippen LogP contribution in [0, 0.1) is 6.92 Å². The van der Waals surface area contributed by atoms with Crippen molar-refractivity contribution in [1.29, 1.82) is 0 Å². The fourth-order valence-corrected chi connectivity index (χ4v) is 4.34. The van der Waals surface area contributed by atoms with E-state index in [0.29, 0.717) is 13.2 Å². The molecule has 1 N–H and O–H groups in total. The summed E-state index contributed by atoms with van der Waals surface area (Å²) in [5, 5.41) is 0. The van der Waals surface area contributed by atoms with Crippen molar-refractivity contribution in [2.45, 2.75) is 39.2 Å². The maximum atomic E-state index is 6.31. The Bertz CT molecular complexity index is 1290. The number of nitrogens with zero attached hydrogens (tertiary/aromatic N) is 3. The Labute approximate surface area is 194 Å². The number of hydrogen-bond donors (Lipinski definition) is 1. The lowest BCUT2D eigenvalue weighted by Crippen LogP contribution is -2.43. The Hall–Kier alpha value is -3.38. The van der Waals surface area contributed by atoms with Crippen LogP contribution in [0.4, 0.5) is 11.5 Å². The van der Waals surface area contributed by atoms with Gasteiger partial charge in [-0.05, 0) is 53.8 Å². The van der Waals surface area contributed by atoms with Gasteiger partial charge in [0.15, 0.2) is 5.75 Å². The summed E-state index contributed by atoms with van der Waals surface area (Å²) in [7, 11) is 1.72. The molecule has 2 aromatic carbocycles. The summed E-state index contributed by atoms with van der Waals surface area (Å²) in [4.78, 5) is 15.3. The zero-order chi connectivity index (χ0) is 23.2. The average molecular weight is 443 g/mol. The minimum absolute atomic E-state index is 0.0259. The molecule has 4 aromatic rings. The van der Waals surface area contributed by atoms with Crippen LogP contribution < -0.4 is 9.64 Å². The molecule has 6 heteroatoms. The third-order valence-electron chi connectivity index (χ3n) is 6.14. The van der Waals surface area contributed by atoms with Crippen LogP contribution in [0.3, 0.4) is 0 Å². The van der Waals surface area contributed by atoms with Crippen molar-refractivity contribution in [2.24, 2.45) is 0 Å². The molecule has 0 spiro atoms. The Kier molecular flexibility index (Phi) is 5.33. The number of hydrogen-bond acceptors (Lipinski definition) is 5. The van der Waals surface area contributed by atoms with E-state index in [1.807, 2.05) is 19.2 Å². The number of aromatic amines is 1. The molecule has 6 nitrogen and oxygen atoms in total. The predicted molar refractivity (Wildman–Crippen MR) is 133 cm³/mol. The molecule has 3 heterocycles. The molecule has 1 aliphatic rings. The normalized spacial score (nSPS) is 16.0. The van der Waals surface area contributed by atoms with Crippen molar-refractivity contribution in [2.75, 3.05) is 25.2 Å². The number of para-hydroxylation sites is 1. The van der Waals surface area contributed by atoms with Gasteiger partial charge in [0, 0.05) is 13.3 Å². The lowest BCUT2D eigenvalue weighted by atomic mass is 9.87. The number of methoxy groups -OCH3 is 1. The predicted octanol–water partition coefficient (Wildman–Crippen LogP) is 5.78. The van der Waals surface area contributed by atoms with Crippen LogP contribution in [0.5, 0.6) is 5.75 Å². The van der Waals surface area contributed by atoms with Gasteiger partial charge < -0.3 is 19.4 Å².